The van der Waals surface area contributed by atoms with Gasteiger partial charge in [-0.2, -0.15) is 0 Å². The lowest BCUT2D eigenvalue weighted by atomic mass is 10.2. The Balaban J connectivity index is 0.00000364. The summed E-state index contributed by atoms with van der Waals surface area (Å²) in [6, 6.07) is 18.9. The van der Waals surface area contributed by atoms with Crippen molar-refractivity contribution in [1.29, 1.82) is 0 Å². The van der Waals surface area contributed by atoms with E-state index in [0.29, 0.717) is 6.04 Å². The maximum atomic E-state index is 5.18. The van der Waals surface area contributed by atoms with Crippen LogP contribution in [0, 0.1) is 0 Å². The lowest BCUT2D eigenvalue weighted by molar-refractivity contribution is 0.249. The van der Waals surface area contributed by atoms with Crippen molar-refractivity contribution in [3.63, 3.8) is 0 Å². The minimum atomic E-state index is 0. The van der Waals surface area contributed by atoms with Crippen molar-refractivity contribution in [3.8, 4) is 5.75 Å². The number of guanidine groups is 1. The summed E-state index contributed by atoms with van der Waals surface area (Å²) in [5.41, 5.74) is 2.51. The molecule has 0 saturated heterocycles. The molecule has 2 aromatic rings. The van der Waals surface area contributed by atoms with E-state index in [1.54, 1.807) is 14.2 Å². The molecule has 0 radical (unpaired) electrons. The summed E-state index contributed by atoms with van der Waals surface area (Å²) in [4.78, 5) is 6.64. The van der Waals surface area contributed by atoms with Gasteiger partial charge in [-0.3, -0.25) is 9.89 Å². The molecule has 0 aliphatic heterocycles. The largest absolute Gasteiger partial charge is 0.497 e. The van der Waals surface area contributed by atoms with Gasteiger partial charge < -0.3 is 15.4 Å². The number of rotatable bonds is 8. The summed E-state index contributed by atoms with van der Waals surface area (Å²) in [5, 5.41) is 6.75. The lowest BCUT2D eigenvalue weighted by Crippen LogP contribution is -2.44. The highest BCUT2D eigenvalue weighted by Gasteiger charge is 2.10. The molecule has 0 aliphatic rings. The first-order valence-electron chi connectivity index (χ1n) is 8.94. The Bertz CT molecular complexity index is 676. The second-order valence-corrected chi connectivity index (χ2v) is 6.40. The summed E-state index contributed by atoms with van der Waals surface area (Å²) in [6.45, 7) is 4.69. The number of halogens is 1. The van der Waals surface area contributed by atoms with E-state index in [9.17, 15) is 0 Å². The van der Waals surface area contributed by atoms with Crippen molar-refractivity contribution in [3.05, 3.63) is 65.7 Å². The van der Waals surface area contributed by atoms with Crippen LogP contribution in [0.1, 0.15) is 18.1 Å². The van der Waals surface area contributed by atoms with Gasteiger partial charge in [0.15, 0.2) is 5.96 Å². The predicted molar refractivity (Wildman–Crippen MR) is 124 cm³/mol. The maximum Gasteiger partial charge on any atom is 0.191 e. The summed E-state index contributed by atoms with van der Waals surface area (Å²) >= 11 is 0. The Labute approximate surface area is 180 Å². The van der Waals surface area contributed by atoms with Crippen LogP contribution in [0.4, 0.5) is 0 Å². The van der Waals surface area contributed by atoms with Crippen LogP contribution in [0.25, 0.3) is 0 Å². The standard InChI is InChI=1S/C21H30N4O.HI/c1-17(25(3)16-19-8-6-5-7-9-19)14-23-21(22-2)24-15-18-10-12-20(26-4)13-11-18;/h5-13,17H,14-16H2,1-4H3,(H2,22,23,24);1H. The first-order valence-corrected chi connectivity index (χ1v) is 8.94. The molecule has 1 unspecified atom stereocenters. The Morgan fingerprint density at radius 2 is 1.70 bits per heavy atom. The summed E-state index contributed by atoms with van der Waals surface area (Å²) < 4.78 is 5.18. The smallest absolute Gasteiger partial charge is 0.191 e. The fraction of sp³-hybridized carbons (Fsp3) is 0.381. The Morgan fingerprint density at radius 1 is 1.04 bits per heavy atom. The SMILES string of the molecule is CN=C(NCc1ccc(OC)cc1)NCC(C)N(C)Cc1ccccc1.I. The fourth-order valence-electron chi connectivity index (χ4n) is 2.58. The molecule has 27 heavy (non-hydrogen) atoms. The van der Waals surface area contributed by atoms with Crippen molar-refractivity contribution in [2.24, 2.45) is 4.99 Å². The molecule has 0 bridgehead atoms. The van der Waals surface area contributed by atoms with Crippen LogP contribution in [-0.2, 0) is 13.1 Å². The fourth-order valence-corrected chi connectivity index (χ4v) is 2.58. The van der Waals surface area contributed by atoms with Crippen molar-refractivity contribution < 1.29 is 4.74 Å². The average Bonchev–Trinajstić information content (AvgIpc) is 2.69. The number of methoxy groups -OCH3 is 1. The normalized spacial score (nSPS) is 12.3. The maximum absolute atomic E-state index is 5.18. The molecule has 148 valence electrons. The summed E-state index contributed by atoms with van der Waals surface area (Å²) in [6.07, 6.45) is 0. The molecule has 1 atom stereocenters. The van der Waals surface area contributed by atoms with Gasteiger partial charge in [-0.1, -0.05) is 42.5 Å². The molecule has 0 fully saturated rings. The van der Waals surface area contributed by atoms with E-state index < -0.39 is 0 Å². The van der Waals surface area contributed by atoms with Crippen LogP contribution in [0.2, 0.25) is 0 Å². The van der Waals surface area contributed by atoms with Crippen molar-refractivity contribution in [1.82, 2.24) is 15.5 Å². The van der Waals surface area contributed by atoms with E-state index >= 15 is 0 Å². The molecule has 5 nitrogen and oxygen atoms in total. The minimum Gasteiger partial charge on any atom is -0.497 e. The van der Waals surface area contributed by atoms with Gasteiger partial charge in [0.1, 0.15) is 5.75 Å². The Morgan fingerprint density at radius 3 is 2.30 bits per heavy atom. The van der Waals surface area contributed by atoms with Crippen LogP contribution in [-0.4, -0.2) is 44.7 Å². The monoisotopic (exact) mass is 482 g/mol. The van der Waals surface area contributed by atoms with Gasteiger partial charge in [-0.05, 0) is 37.2 Å². The van der Waals surface area contributed by atoms with Gasteiger partial charge in [-0.25, -0.2) is 0 Å². The van der Waals surface area contributed by atoms with E-state index in [1.807, 2.05) is 18.2 Å². The molecule has 6 heteroatoms. The second kappa shape index (κ2) is 12.6. The number of nitrogens with zero attached hydrogens (tertiary/aromatic N) is 2. The van der Waals surface area contributed by atoms with Crippen LogP contribution in [0.3, 0.4) is 0 Å². The highest BCUT2D eigenvalue weighted by atomic mass is 127. The van der Waals surface area contributed by atoms with Crippen LogP contribution < -0.4 is 15.4 Å². The summed E-state index contributed by atoms with van der Waals surface area (Å²) in [7, 11) is 5.61. The van der Waals surface area contributed by atoms with E-state index in [4.69, 9.17) is 4.74 Å². The Hall–Kier alpha value is -1.80. The van der Waals surface area contributed by atoms with Gasteiger partial charge in [0.25, 0.3) is 0 Å². The zero-order valence-corrected chi connectivity index (χ0v) is 18.9. The molecule has 0 heterocycles. The first-order chi connectivity index (χ1) is 12.6. The number of hydrogen-bond acceptors (Lipinski definition) is 3. The van der Waals surface area contributed by atoms with Crippen LogP contribution in [0.15, 0.2) is 59.6 Å². The van der Waals surface area contributed by atoms with Gasteiger partial charge in [-0.15, -0.1) is 24.0 Å². The molecule has 0 amide bonds. The second-order valence-electron chi connectivity index (χ2n) is 6.40. The predicted octanol–water partition coefficient (Wildman–Crippen LogP) is 3.50. The number of nitrogens with one attached hydrogen (secondary N) is 2. The minimum absolute atomic E-state index is 0. The van der Waals surface area contributed by atoms with E-state index in [2.05, 4.69) is 70.9 Å². The number of hydrogen-bond donors (Lipinski definition) is 2. The quantitative estimate of drug-likeness (QED) is 0.344. The molecule has 0 saturated carbocycles. The Kier molecular flexibility index (Phi) is 10.8. The topological polar surface area (TPSA) is 48.9 Å². The number of ether oxygens (including phenoxy) is 1. The number of aliphatic imine (C=N–C) groups is 1. The number of benzene rings is 2. The highest BCUT2D eigenvalue weighted by molar-refractivity contribution is 14.0. The third-order valence-electron chi connectivity index (χ3n) is 4.43. The van der Waals surface area contributed by atoms with Gasteiger partial charge in [0.2, 0.25) is 0 Å². The zero-order valence-electron chi connectivity index (χ0n) is 16.6. The third-order valence-corrected chi connectivity index (χ3v) is 4.43. The molecule has 0 spiro atoms. The lowest BCUT2D eigenvalue weighted by Gasteiger charge is -2.25. The van der Waals surface area contributed by atoms with Crippen LogP contribution in [0.5, 0.6) is 5.75 Å². The van der Waals surface area contributed by atoms with Crippen molar-refractivity contribution >= 4 is 29.9 Å². The summed E-state index contributed by atoms with van der Waals surface area (Å²) in [5.74, 6) is 1.67. The van der Waals surface area contributed by atoms with Gasteiger partial charge >= 0.3 is 0 Å². The molecular weight excluding hydrogens is 451 g/mol. The molecule has 2 N–H and O–H groups in total. The van der Waals surface area contributed by atoms with Crippen molar-refractivity contribution in [2.75, 3.05) is 27.7 Å². The van der Waals surface area contributed by atoms with Crippen molar-refractivity contribution in [2.45, 2.75) is 26.1 Å². The molecular formula is C21H31IN4O. The van der Waals surface area contributed by atoms with E-state index in [-0.39, 0.29) is 24.0 Å². The van der Waals surface area contributed by atoms with Gasteiger partial charge in [0, 0.05) is 32.7 Å². The average molecular weight is 482 g/mol. The molecule has 2 aromatic carbocycles. The van der Waals surface area contributed by atoms with Crippen LogP contribution >= 0.6 is 24.0 Å². The van der Waals surface area contributed by atoms with E-state index in [0.717, 1.165) is 31.3 Å². The van der Waals surface area contributed by atoms with Gasteiger partial charge in [0.05, 0.1) is 7.11 Å². The molecule has 0 aromatic heterocycles. The highest BCUT2D eigenvalue weighted by Crippen LogP contribution is 2.11. The molecule has 2 rings (SSSR count). The first kappa shape index (κ1) is 23.2. The van der Waals surface area contributed by atoms with E-state index in [1.165, 1.54) is 11.1 Å². The number of likely N-dealkylation sites (N-methyl/N-ethyl adjacent to an activating group) is 1. The molecule has 0 aliphatic carbocycles. The third kappa shape index (κ3) is 8.17. The zero-order chi connectivity index (χ0) is 18.8.